The molecule has 0 unspecified atom stereocenters. The van der Waals surface area contributed by atoms with E-state index in [9.17, 15) is 9.18 Å². The SMILES string of the molecule is N=C(N)/C(C(=O)Nc1ccncc1N1CCN(C2COC2)CC1)=C1/N=CC(F)=CN1. The van der Waals surface area contributed by atoms with Crippen molar-refractivity contribution in [3.05, 3.63) is 41.9 Å². The predicted octanol–water partition coefficient (Wildman–Crippen LogP) is 0.173. The molecule has 0 saturated carbocycles. The number of carbonyl (C=O) groups is 1. The number of ether oxygens (including phenoxy) is 1. The van der Waals surface area contributed by atoms with E-state index in [1.165, 1.54) is 0 Å². The molecule has 0 aromatic carbocycles. The van der Waals surface area contributed by atoms with Crippen LogP contribution in [-0.2, 0) is 9.53 Å². The molecular formula is C19H23FN8O2. The summed E-state index contributed by atoms with van der Waals surface area (Å²) in [4.78, 5) is 25.5. The van der Waals surface area contributed by atoms with E-state index in [1.54, 1.807) is 18.5 Å². The van der Waals surface area contributed by atoms with Gasteiger partial charge in [0.1, 0.15) is 17.2 Å². The van der Waals surface area contributed by atoms with Crippen LogP contribution < -0.4 is 21.3 Å². The Balaban J connectivity index is 1.50. The summed E-state index contributed by atoms with van der Waals surface area (Å²) in [5.41, 5.74) is 6.76. The van der Waals surface area contributed by atoms with E-state index in [2.05, 4.69) is 30.4 Å². The molecule has 3 aliphatic heterocycles. The van der Waals surface area contributed by atoms with Gasteiger partial charge in [-0.3, -0.25) is 20.1 Å². The van der Waals surface area contributed by atoms with Crippen LogP contribution in [0, 0.1) is 5.41 Å². The number of piperazine rings is 1. The van der Waals surface area contributed by atoms with Crippen molar-refractivity contribution in [2.24, 2.45) is 10.7 Å². The number of anilines is 2. The van der Waals surface area contributed by atoms with Crippen LogP contribution in [0.25, 0.3) is 0 Å². The molecular weight excluding hydrogens is 391 g/mol. The fourth-order valence-electron chi connectivity index (χ4n) is 3.52. The highest BCUT2D eigenvalue weighted by Crippen LogP contribution is 2.27. The second-order valence-electron chi connectivity index (χ2n) is 7.13. The van der Waals surface area contributed by atoms with Crippen LogP contribution in [0.5, 0.6) is 0 Å². The highest BCUT2D eigenvalue weighted by atomic mass is 19.1. The average molecular weight is 414 g/mol. The molecule has 1 aromatic heterocycles. The van der Waals surface area contributed by atoms with Crippen LogP contribution in [0.4, 0.5) is 15.8 Å². The summed E-state index contributed by atoms with van der Waals surface area (Å²) in [6, 6.07) is 2.19. The zero-order valence-electron chi connectivity index (χ0n) is 16.3. The topological polar surface area (TPSA) is 132 Å². The number of rotatable bonds is 5. The van der Waals surface area contributed by atoms with Gasteiger partial charge in [-0.1, -0.05) is 0 Å². The lowest BCUT2D eigenvalue weighted by atomic mass is 10.1. The van der Waals surface area contributed by atoms with Crippen molar-refractivity contribution in [1.29, 1.82) is 5.41 Å². The Kier molecular flexibility index (Phi) is 5.72. The van der Waals surface area contributed by atoms with E-state index in [0.717, 1.165) is 57.5 Å². The highest BCUT2D eigenvalue weighted by molar-refractivity contribution is 6.24. The van der Waals surface area contributed by atoms with Crippen LogP contribution in [0.2, 0.25) is 0 Å². The van der Waals surface area contributed by atoms with Gasteiger partial charge in [0.15, 0.2) is 5.83 Å². The van der Waals surface area contributed by atoms with Crippen LogP contribution in [0.3, 0.4) is 0 Å². The quantitative estimate of drug-likeness (QED) is 0.307. The lowest BCUT2D eigenvalue weighted by Gasteiger charge is -2.43. The van der Waals surface area contributed by atoms with E-state index in [0.29, 0.717) is 11.7 Å². The molecule has 0 spiro atoms. The molecule has 1 amide bonds. The number of halogens is 1. The summed E-state index contributed by atoms with van der Waals surface area (Å²) in [6.07, 6.45) is 5.28. The maximum absolute atomic E-state index is 13.2. The molecule has 1 aromatic rings. The second-order valence-corrected chi connectivity index (χ2v) is 7.13. The number of nitrogens with zero attached hydrogens (tertiary/aromatic N) is 4. The molecule has 10 nitrogen and oxygen atoms in total. The number of amides is 1. The van der Waals surface area contributed by atoms with Gasteiger partial charge in [-0.05, 0) is 6.07 Å². The maximum Gasteiger partial charge on any atom is 0.263 e. The number of allylic oxidation sites excluding steroid dienone is 1. The summed E-state index contributed by atoms with van der Waals surface area (Å²) < 4.78 is 18.4. The summed E-state index contributed by atoms with van der Waals surface area (Å²) >= 11 is 0. The Hall–Kier alpha value is -3.31. The van der Waals surface area contributed by atoms with E-state index in [-0.39, 0.29) is 11.4 Å². The van der Waals surface area contributed by atoms with Gasteiger partial charge in [0.25, 0.3) is 5.91 Å². The fraction of sp³-hybridized carbons (Fsp3) is 0.368. The molecule has 3 aliphatic rings. The van der Waals surface area contributed by atoms with Crippen LogP contribution in [0.15, 0.2) is 46.9 Å². The third-order valence-corrected chi connectivity index (χ3v) is 5.24. The number of aliphatic imine (C=N–C) groups is 1. The van der Waals surface area contributed by atoms with Gasteiger partial charge in [-0.15, -0.1) is 0 Å². The van der Waals surface area contributed by atoms with Crippen molar-refractivity contribution >= 4 is 29.3 Å². The van der Waals surface area contributed by atoms with Gasteiger partial charge >= 0.3 is 0 Å². The van der Waals surface area contributed by atoms with Gasteiger partial charge in [0.05, 0.1) is 43.0 Å². The Morgan fingerprint density at radius 2 is 2.10 bits per heavy atom. The Morgan fingerprint density at radius 1 is 1.33 bits per heavy atom. The summed E-state index contributed by atoms with van der Waals surface area (Å²) in [7, 11) is 0. The monoisotopic (exact) mass is 414 g/mol. The minimum atomic E-state index is -0.615. The number of hydrogen-bond acceptors (Lipinski definition) is 8. The molecule has 2 saturated heterocycles. The van der Waals surface area contributed by atoms with Crippen molar-refractivity contribution < 1.29 is 13.9 Å². The summed E-state index contributed by atoms with van der Waals surface area (Å²) in [6.45, 7) is 4.95. The van der Waals surface area contributed by atoms with E-state index in [1.807, 2.05) is 0 Å². The molecule has 4 heterocycles. The van der Waals surface area contributed by atoms with Crippen molar-refractivity contribution in [2.75, 3.05) is 49.6 Å². The van der Waals surface area contributed by atoms with Gasteiger partial charge in [0, 0.05) is 38.6 Å². The lowest BCUT2D eigenvalue weighted by Crippen LogP contribution is -2.56. The number of nitrogens with two attached hydrogens (primary N) is 1. The number of pyridine rings is 1. The molecule has 0 aliphatic carbocycles. The second kappa shape index (κ2) is 8.59. The third-order valence-electron chi connectivity index (χ3n) is 5.24. The molecule has 0 bridgehead atoms. The number of carbonyl (C=O) groups excluding carboxylic acids is 1. The molecule has 0 radical (unpaired) electrons. The minimum Gasteiger partial charge on any atom is -0.383 e. The Bertz CT molecular complexity index is 932. The normalized spacial score (nSPS) is 21.4. The first-order chi connectivity index (χ1) is 14.5. The lowest BCUT2D eigenvalue weighted by molar-refractivity contribution is -0.112. The van der Waals surface area contributed by atoms with E-state index in [4.69, 9.17) is 15.9 Å². The largest absolute Gasteiger partial charge is 0.383 e. The van der Waals surface area contributed by atoms with Crippen molar-refractivity contribution in [3.63, 3.8) is 0 Å². The van der Waals surface area contributed by atoms with Gasteiger partial charge in [-0.2, -0.15) is 0 Å². The first-order valence-electron chi connectivity index (χ1n) is 9.60. The summed E-state index contributed by atoms with van der Waals surface area (Å²) in [5.74, 6) is -1.68. The molecule has 5 N–H and O–H groups in total. The molecule has 158 valence electrons. The van der Waals surface area contributed by atoms with Gasteiger partial charge < -0.3 is 26.0 Å². The zero-order chi connectivity index (χ0) is 21.1. The van der Waals surface area contributed by atoms with Gasteiger partial charge in [-0.25, -0.2) is 9.38 Å². The predicted molar refractivity (Wildman–Crippen MR) is 111 cm³/mol. The summed E-state index contributed by atoms with van der Waals surface area (Å²) in [5, 5.41) is 13.1. The Morgan fingerprint density at radius 3 is 2.70 bits per heavy atom. The minimum absolute atomic E-state index is 0.00772. The average Bonchev–Trinajstić information content (AvgIpc) is 2.69. The smallest absolute Gasteiger partial charge is 0.263 e. The molecule has 0 atom stereocenters. The number of nitrogens with one attached hydrogen (secondary N) is 3. The van der Waals surface area contributed by atoms with Crippen LogP contribution in [-0.4, -0.2) is 73.3 Å². The standard InChI is InChI=1S/C19H23FN8O2/c20-12-7-24-18(25-8-12)16(17(21)22)19(29)26-14-1-2-23-9-15(14)28-5-3-27(4-6-28)13-10-30-11-13/h1-2,7-9,13,24H,3-6,10-11H2,(H3,21,22)(H,23,26,29)/b18-16-. The molecule has 2 fully saturated rings. The molecule has 11 heteroatoms. The van der Waals surface area contributed by atoms with Crippen molar-refractivity contribution in [1.82, 2.24) is 15.2 Å². The number of aromatic nitrogens is 1. The molecule has 30 heavy (non-hydrogen) atoms. The van der Waals surface area contributed by atoms with E-state index >= 15 is 0 Å². The Labute approximate surface area is 172 Å². The first-order valence-corrected chi connectivity index (χ1v) is 9.60. The van der Waals surface area contributed by atoms with Crippen molar-refractivity contribution in [3.8, 4) is 0 Å². The number of hydrogen-bond donors (Lipinski definition) is 4. The highest BCUT2D eigenvalue weighted by Gasteiger charge is 2.30. The zero-order valence-corrected chi connectivity index (χ0v) is 16.3. The van der Waals surface area contributed by atoms with Crippen LogP contribution >= 0.6 is 0 Å². The maximum atomic E-state index is 13.2. The number of amidine groups is 1. The molecule has 4 rings (SSSR count). The fourth-order valence-corrected chi connectivity index (χ4v) is 3.52. The van der Waals surface area contributed by atoms with Crippen molar-refractivity contribution in [2.45, 2.75) is 6.04 Å². The van der Waals surface area contributed by atoms with E-state index < -0.39 is 17.6 Å². The van der Waals surface area contributed by atoms with Gasteiger partial charge in [0.2, 0.25) is 0 Å². The third kappa shape index (κ3) is 4.16. The van der Waals surface area contributed by atoms with Crippen LogP contribution in [0.1, 0.15) is 0 Å². The first kappa shape index (κ1) is 20.0.